The number of nitrogens with one attached hydrogen (secondary N) is 1. The molecule has 0 radical (unpaired) electrons. The monoisotopic (exact) mass is 555 g/mol. The molecule has 0 spiro atoms. The van der Waals surface area contributed by atoms with E-state index in [-0.39, 0.29) is 23.3 Å². The van der Waals surface area contributed by atoms with Crippen LogP contribution < -0.4 is 9.62 Å². The second kappa shape index (κ2) is 12.9. The molecule has 202 valence electrons. The van der Waals surface area contributed by atoms with Crippen LogP contribution in [0.15, 0.2) is 83.8 Å². The fraction of sp³-hybridized carbons (Fsp3) is 0.310. The summed E-state index contributed by atoms with van der Waals surface area (Å²) in [5.41, 5.74) is 2.14. The molecule has 0 aliphatic carbocycles. The molecule has 0 fully saturated rings. The highest BCUT2D eigenvalue weighted by molar-refractivity contribution is 7.92. The molecule has 2 amide bonds. The molecular weight excluding hydrogens is 522 g/mol. The standard InChI is InChI=1S/C29H34ClN3O4S/c1-21(2)18-31-29(35)23(4)32(19-24-10-8-9-22(3)17-24)28(34)20-33(26-15-13-25(30)14-16-26)38(36,37)27-11-6-5-7-12-27/h5-17,21,23H,18-20H2,1-4H3,(H,31,35)/t23-/m0/s1. The Kier molecular flexibility index (Phi) is 9.94. The van der Waals surface area contributed by atoms with Gasteiger partial charge in [-0.3, -0.25) is 13.9 Å². The molecule has 0 aromatic heterocycles. The first-order valence-electron chi connectivity index (χ1n) is 12.4. The minimum absolute atomic E-state index is 0.0516. The maximum absolute atomic E-state index is 13.9. The van der Waals surface area contributed by atoms with Gasteiger partial charge in [-0.25, -0.2) is 8.42 Å². The quantitative estimate of drug-likeness (QED) is 0.359. The van der Waals surface area contributed by atoms with Gasteiger partial charge in [-0.2, -0.15) is 0 Å². The van der Waals surface area contributed by atoms with Gasteiger partial charge in [0.25, 0.3) is 10.0 Å². The zero-order chi connectivity index (χ0) is 27.9. The number of nitrogens with zero attached hydrogens (tertiary/aromatic N) is 2. The Balaban J connectivity index is 1.99. The average molecular weight is 556 g/mol. The van der Waals surface area contributed by atoms with Gasteiger partial charge in [-0.05, 0) is 61.7 Å². The number of hydrogen-bond acceptors (Lipinski definition) is 4. The summed E-state index contributed by atoms with van der Waals surface area (Å²) in [5, 5.41) is 3.32. The minimum atomic E-state index is -4.10. The molecule has 0 unspecified atom stereocenters. The van der Waals surface area contributed by atoms with Crippen molar-refractivity contribution in [2.45, 2.75) is 45.2 Å². The van der Waals surface area contributed by atoms with E-state index in [4.69, 9.17) is 11.6 Å². The third-order valence-electron chi connectivity index (χ3n) is 6.01. The smallest absolute Gasteiger partial charge is 0.264 e. The van der Waals surface area contributed by atoms with Gasteiger partial charge in [0.1, 0.15) is 12.6 Å². The lowest BCUT2D eigenvalue weighted by Gasteiger charge is -2.32. The first kappa shape index (κ1) is 29.2. The Morgan fingerprint density at radius 3 is 2.18 bits per heavy atom. The van der Waals surface area contributed by atoms with Gasteiger partial charge < -0.3 is 10.2 Å². The number of halogens is 1. The fourth-order valence-corrected chi connectivity index (χ4v) is 5.46. The molecule has 9 heteroatoms. The van der Waals surface area contributed by atoms with E-state index in [9.17, 15) is 18.0 Å². The van der Waals surface area contributed by atoms with E-state index in [2.05, 4.69) is 5.32 Å². The van der Waals surface area contributed by atoms with Crippen molar-refractivity contribution in [3.05, 3.63) is 95.0 Å². The van der Waals surface area contributed by atoms with E-state index in [0.29, 0.717) is 17.3 Å². The molecule has 7 nitrogen and oxygen atoms in total. The summed E-state index contributed by atoms with van der Waals surface area (Å²) >= 11 is 6.05. The minimum Gasteiger partial charge on any atom is -0.354 e. The maximum atomic E-state index is 13.9. The summed E-state index contributed by atoms with van der Waals surface area (Å²) in [6.07, 6.45) is 0. The van der Waals surface area contributed by atoms with E-state index in [0.717, 1.165) is 15.4 Å². The highest BCUT2D eigenvalue weighted by Crippen LogP contribution is 2.26. The van der Waals surface area contributed by atoms with Crippen LogP contribution in [0.3, 0.4) is 0 Å². The van der Waals surface area contributed by atoms with Gasteiger partial charge in [-0.15, -0.1) is 0 Å². The Morgan fingerprint density at radius 1 is 0.921 bits per heavy atom. The third kappa shape index (κ3) is 7.58. The number of amides is 2. The SMILES string of the molecule is Cc1cccc(CN(C(=O)CN(c2ccc(Cl)cc2)S(=O)(=O)c2ccccc2)[C@@H](C)C(=O)NCC(C)C)c1. The first-order chi connectivity index (χ1) is 18.0. The van der Waals surface area contributed by atoms with Crippen molar-refractivity contribution >= 4 is 39.1 Å². The Labute approximate surface area is 230 Å². The number of benzene rings is 3. The summed E-state index contributed by atoms with van der Waals surface area (Å²) in [7, 11) is -4.10. The average Bonchev–Trinajstić information content (AvgIpc) is 2.89. The normalized spacial score (nSPS) is 12.2. The number of aryl methyl sites for hydroxylation is 1. The van der Waals surface area contributed by atoms with Crippen molar-refractivity contribution in [3.8, 4) is 0 Å². The second-order valence-electron chi connectivity index (χ2n) is 9.63. The zero-order valence-electron chi connectivity index (χ0n) is 22.1. The predicted octanol–water partition coefficient (Wildman–Crippen LogP) is 5.03. The van der Waals surface area contributed by atoms with Crippen molar-refractivity contribution in [1.29, 1.82) is 0 Å². The molecule has 0 aliphatic rings. The molecule has 1 N–H and O–H groups in total. The van der Waals surface area contributed by atoms with Crippen molar-refractivity contribution in [2.24, 2.45) is 5.92 Å². The fourth-order valence-electron chi connectivity index (χ4n) is 3.90. The summed E-state index contributed by atoms with van der Waals surface area (Å²) in [6.45, 7) is 7.70. The van der Waals surface area contributed by atoms with Crippen LogP contribution in [0.25, 0.3) is 0 Å². The van der Waals surface area contributed by atoms with Gasteiger partial charge in [0, 0.05) is 18.1 Å². The summed E-state index contributed by atoms with van der Waals surface area (Å²) in [4.78, 5) is 28.3. The van der Waals surface area contributed by atoms with E-state index < -0.39 is 28.5 Å². The number of carbonyl (C=O) groups excluding carboxylic acids is 2. The van der Waals surface area contributed by atoms with Crippen LogP contribution in [0.1, 0.15) is 31.9 Å². The molecule has 38 heavy (non-hydrogen) atoms. The predicted molar refractivity (Wildman–Crippen MR) is 151 cm³/mol. The topological polar surface area (TPSA) is 86.8 Å². The van der Waals surface area contributed by atoms with E-state index in [1.807, 2.05) is 45.0 Å². The number of anilines is 1. The molecule has 3 rings (SSSR count). The molecular formula is C29H34ClN3O4S. The molecule has 1 atom stereocenters. The lowest BCUT2D eigenvalue weighted by Crippen LogP contribution is -2.51. The Morgan fingerprint density at radius 2 is 1.58 bits per heavy atom. The molecule has 0 saturated carbocycles. The Hall–Kier alpha value is -3.36. The van der Waals surface area contributed by atoms with Crippen LogP contribution in [0.4, 0.5) is 5.69 Å². The van der Waals surface area contributed by atoms with Crippen molar-refractivity contribution in [3.63, 3.8) is 0 Å². The number of hydrogen-bond donors (Lipinski definition) is 1. The molecule has 3 aromatic rings. The highest BCUT2D eigenvalue weighted by Gasteiger charge is 2.32. The lowest BCUT2D eigenvalue weighted by molar-refractivity contribution is -0.139. The third-order valence-corrected chi connectivity index (χ3v) is 8.05. The van der Waals surface area contributed by atoms with Crippen LogP contribution in [-0.4, -0.2) is 44.3 Å². The van der Waals surface area contributed by atoms with Crippen LogP contribution in [0.2, 0.25) is 5.02 Å². The zero-order valence-corrected chi connectivity index (χ0v) is 23.7. The van der Waals surface area contributed by atoms with Crippen molar-refractivity contribution in [2.75, 3.05) is 17.4 Å². The van der Waals surface area contributed by atoms with Gasteiger partial charge in [0.2, 0.25) is 11.8 Å². The number of rotatable bonds is 11. The summed E-state index contributed by atoms with van der Waals surface area (Å²) < 4.78 is 28.5. The molecule has 0 saturated heterocycles. The summed E-state index contributed by atoms with van der Waals surface area (Å²) in [6, 6.07) is 21.0. The van der Waals surface area contributed by atoms with Crippen LogP contribution in [-0.2, 0) is 26.2 Å². The van der Waals surface area contributed by atoms with Gasteiger partial charge in [-0.1, -0.05) is 73.5 Å². The van der Waals surface area contributed by atoms with Crippen LogP contribution in [0, 0.1) is 12.8 Å². The number of carbonyl (C=O) groups is 2. The van der Waals surface area contributed by atoms with E-state index in [1.165, 1.54) is 17.0 Å². The van der Waals surface area contributed by atoms with Crippen LogP contribution >= 0.6 is 11.6 Å². The molecule has 0 aliphatic heterocycles. The van der Waals surface area contributed by atoms with Crippen molar-refractivity contribution < 1.29 is 18.0 Å². The first-order valence-corrected chi connectivity index (χ1v) is 14.3. The molecule has 3 aromatic carbocycles. The van der Waals surface area contributed by atoms with E-state index >= 15 is 0 Å². The van der Waals surface area contributed by atoms with Gasteiger partial charge >= 0.3 is 0 Å². The Bertz CT molecular complexity index is 1350. The highest BCUT2D eigenvalue weighted by atomic mass is 35.5. The second-order valence-corrected chi connectivity index (χ2v) is 11.9. The largest absolute Gasteiger partial charge is 0.354 e. The molecule has 0 heterocycles. The van der Waals surface area contributed by atoms with Gasteiger partial charge in [0.05, 0.1) is 10.6 Å². The lowest BCUT2D eigenvalue weighted by atomic mass is 10.1. The van der Waals surface area contributed by atoms with Crippen molar-refractivity contribution in [1.82, 2.24) is 10.2 Å². The summed E-state index contributed by atoms with van der Waals surface area (Å²) in [5.74, 6) is -0.569. The number of sulfonamides is 1. The van der Waals surface area contributed by atoms with E-state index in [1.54, 1.807) is 49.4 Å². The van der Waals surface area contributed by atoms with Gasteiger partial charge in [0.15, 0.2) is 0 Å². The molecule has 0 bridgehead atoms. The maximum Gasteiger partial charge on any atom is 0.264 e. The van der Waals surface area contributed by atoms with Crippen LogP contribution in [0.5, 0.6) is 0 Å².